The van der Waals surface area contributed by atoms with Crippen LogP contribution in [-0.4, -0.2) is 22.3 Å². The lowest BCUT2D eigenvalue weighted by Crippen LogP contribution is -2.19. The highest BCUT2D eigenvalue weighted by Gasteiger charge is 2.11. The summed E-state index contributed by atoms with van der Waals surface area (Å²) in [4.78, 5) is 4.02. The number of ether oxygens (including phenoxy) is 1. The number of hydrogen-bond acceptors (Lipinski definition) is 4. The smallest absolute Gasteiger partial charge is 0.123 e. The summed E-state index contributed by atoms with van der Waals surface area (Å²) in [6, 6.07) is 9.83. The fourth-order valence-electron chi connectivity index (χ4n) is 2.31. The summed E-state index contributed by atoms with van der Waals surface area (Å²) in [5, 5.41) is 9.70. The van der Waals surface area contributed by atoms with E-state index in [1.807, 2.05) is 44.2 Å². The highest BCUT2D eigenvalue weighted by atomic mass is 16.5. The zero-order chi connectivity index (χ0) is 16.2. The lowest BCUT2D eigenvalue weighted by molar-refractivity contribution is 0.0641. The van der Waals surface area contributed by atoms with Crippen LogP contribution in [0.1, 0.15) is 32.3 Å². The number of aromatic nitrogens is 1. The van der Waals surface area contributed by atoms with E-state index < -0.39 is 5.60 Å². The summed E-state index contributed by atoms with van der Waals surface area (Å²) in [5.74, 6) is 1.33. The summed E-state index contributed by atoms with van der Waals surface area (Å²) in [7, 11) is 0. The topological polar surface area (TPSA) is 68.4 Å². The Bertz CT molecular complexity index is 633. The third-order valence-electron chi connectivity index (χ3n) is 3.50. The second-order valence-electron chi connectivity index (χ2n) is 6.21. The number of aryl methyl sites for hydroxylation is 1. The first kappa shape index (κ1) is 16.3. The molecule has 0 saturated heterocycles. The maximum absolute atomic E-state index is 9.70. The van der Waals surface area contributed by atoms with Crippen LogP contribution in [0, 0.1) is 6.92 Å². The standard InChI is InChI=1S/C18H24N2O2/c1-13-5-6-15(22-10-4-8-18(2,3)21)12-16(13)14-7-9-20-17(19)11-14/h5-7,9,11-12,21H,4,8,10H2,1-3H3,(H2,19,20). The van der Waals surface area contributed by atoms with Gasteiger partial charge in [-0.15, -0.1) is 0 Å². The van der Waals surface area contributed by atoms with Crippen molar-refractivity contribution < 1.29 is 9.84 Å². The number of benzene rings is 1. The monoisotopic (exact) mass is 300 g/mol. The average molecular weight is 300 g/mol. The molecule has 0 aliphatic heterocycles. The van der Waals surface area contributed by atoms with E-state index in [0.717, 1.165) is 28.9 Å². The van der Waals surface area contributed by atoms with Crippen LogP contribution in [0.25, 0.3) is 11.1 Å². The van der Waals surface area contributed by atoms with E-state index in [2.05, 4.69) is 11.9 Å². The van der Waals surface area contributed by atoms with Gasteiger partial charge in [0.2, 0.25) is 0 Å². The van der Waals surface area contributed by atoms with Crippen molar-refractivity contribution >= 4 is 5.82 Å². The highest BCUT2D eigenvalue weighted by Crippen LogP contribution is 2.28. The number of aliphatic hydroxyl groups is 1. The molecule has 3 N–H and O–H groups in total. The zero-order valence-electron chi connectivity index (χ0n) is 13.5. The van der Waals surface area contributed by atoms with Gasteiger partial charge in [0, 0.05) is 6.20 Å². The number of rotatable bonds is 6. The minimum absolute atomic E-state index is 0.508. The van der Waals surface area contributed by atoms with Gasteiger partial charge in [0.25, 0.3) is 0 Å². The molecular weight excluding hydrogens is 276 g/mol. The second-order valence-corrected chi connectivity index (χ2v) is 6.21. The summed E-state index contributed by atoms with van der Waals surface area (Å²) < 4.78 is 5.79. The molecule has 0 unspecified atom stereocenters. The molecule has 4 nitrogen and oxygen atoms in total. The molecule has 0 radical (unpaired) electrons. The van der Waals surface area contributed by atoms with Gasteiger partial charge in [-0.05, 0) is 74.6 Å². The van der Waals surface area contributed by atoms with Gasteiger partial charge in [0.05, 0.1) is 12.2 Å². The van der Waals surface area contributed by atoms with Gasteiger partial charge in [-0.1, -0.05) is 6.07 Å². The lowest BCUT2D eigenvalue weighted by Gasteiger charge is -2.17. The minimum atomic E-state index is -0.642. The van der Waals surface area contributed by atoms with Crippen molar-refractivity contribution in [2.45, 2.75) is 39.2 Å². The van der Waals surface area contributed by atoms with Crippen molar-refractivity contribution in [3.8, 4) is 16.9 Å². The Morgan fingerprint density at radius 1 is 1.23 bits per heavy atom. The predicted octanol–water partition coefficient (Wildman–Crippen LogP) is 3.57. The van der Waals surface area contributed by atoms with Gasteiger partial charge in [-0.2, -0.15) is 0 Å². The van der Waals surface area contributed by atoms with Crippen LogP contribution in [-0.2, 0) is 0 Å². The van der Waals surface area contributed by atoms with Crippen molar-refractivity contribution in [1.29, 1.82) is 0 Å². The normalized spacial score (nSPS) is 11.5. The molecule has 0 spiro atoms. The zero-order valence-corrected chi connectivity index (χ0v) is 13.5. The molecule has 0 atom stereocenters. The minimum Gasteiger partial charge on any atom is -0.494 e. The lowest BCUT2D eigenvalue weighted by atomic mass is 10.0. The van der Waals surface area contributed by atoms with Crippen molar-refractivity contribution in [3.63, 3.8) is 0 Å². The Hall–Kier alpha value is -2.07. The van der Waals surface area contributed by atoms with E-state index in [1.165, 1.54) is 0 Å². The van der Waals surface area contributed by atoms with Crippen LogP contribution in [0.4, 0.5) is 5.82 Å². The molecule has 2 rings (SSSR count). The fourth-order valence-corrected chi connectivity index (χ4v) is 2.31. The number of nitrogens with zero attached hydrogens (tertiary/aromatic N) is 1. The van der Waals surface area contributed by atoms with E-state index in [9.17, 15) is 5.11 Å². The molecule has 118 valence electrons. The largest absolute Gasteiger partial charge is 0.494 e. The molecule has 0 aliphatic rings. The van der Waals surface area contributed by atoms with Crippen LogP contribution in [0.5, 0.6) is 5.75 Å². The van der Waals surface area contributed by atoms with Crippen molar-refractivity contribution in [3.05, 3.63) is 42.1 Å². The molecule has 1 heterocycles. The molecule has 22 heavy (non-hydrogen) atoms. The van der Waals surface area contributed by atoms with Crippen LogP contribution in [0.3, 0.4) is 0 Å². The molecule has 1 aromatic carbocycles. The number of pyridine rings is 1. The van der Waals surface area contributed by atoms with Gasteiger partial charge < -0.3 is 15.6 Å². The molecule has 0 fully saturated rings. The molecule has 4 heteroatoms. The van der Waals surface area contributed by atoms with E-state index in [0.29, 0.717) is 18.8 Å². The number of anilines is 1. The molecule has 0 aliphatic carbocycles. The van der Waals surface area contributed by atoms with Gasteiger partial charge >= 0.3 is 0 Å². The van der Waals surface area contributed by atoms with Crippen LogP contribution >= 0.6 is 0 Å². The molecular formula is C18H24N2O2. The van der Waals surface area contributed by atoms with Gasteiger partial charge in [-0.3, -0.25) is 0 Å². The summed E-state index contributed by atoms with van der Waals surface area (Å²) >= 11 is 0. The predicted molar refractivity (Wildman–Crippen MR) is 89.8 cm³/mol. The van der Waals surface area contributed by atoms with Crippen molar-refractivity contribution in [2.75, 3.05) is 12.3 Å². The van der Waals surface area contributed by atoms with Gasteiger partial charge in [-0.25, -0.2) is 4.98 Å². The highest BCUT2D eigenvalue weighted by molar-refractivity contribution is 5.70. The number of hydrogen-bond donors (Lipinski definition) is 2. The SMILES string of the molecule is Cc1ccc(OCCCC(C)(C)O)cc1-c1ccnc(N)c1. The van der Waals surface area contributed by atoms with E-state index >= 15 is 0 Å². The van der Waals surface area contributed by atoms with E-state index in [1.54, 1.807) is 6.20 Å². The maximum atomic E-state index is 9.70. The Labute approximate surface area is 132 Å². The van der Waals surface area contributed by atoms with E-state index in [-0.39, 0.29) is 0 Å². The fraction of sp³-hybridized carbons (Fsp3) is 0.389. The van der Waals surface area contributed by atoms with Gasteiger partial charge in [0.1, 0.15) is 11.6 Å². The van der Waals surface area contributed by atoms with Gasteiger partial charge in [0.15, 0.2) is 0 Å². The molecule has 0 amide bonds. The van der Waals surface area contributed by atoms with Crippen molar-refractivity contribution in [1.82, 2.24) is 4.98 Å². The first-order valence-corrected chi connectivity index (χ1v) is 7.53. The first-order valence-electron chi connectivity index (χ1n) is 7.53. The Morgan fingerprint density at radius 2 is 2.00 bits per heavy atom. The number of nitrogens with two attached hydrogens (primary N) is 1. The molecule has 0 saturated carbocycles. The van der Waals surface area contributed by atoms with Crippen LogP contribution in [0.2, 0.25) is 0 Å². The summed E-state index contributed by atoms with van der Waals surface area (Å²) in [6.07, 6.45) is 3.24. The molecule has 0 bridgehead atoms. The Morgan fingerprint density at radius 3 is 2.68 bits per heavy atom. The molecule has 1 aromatic heterocycles. The second kappa shape index (κ2) is 6.79. The summed E-state index contributed by atoms with van der Waals surface area (Å²) in [6.45, 7) is 6.27. The Kier molecular flexibility index (Phi) is 5.03. The van der Waals surface area contributed by atoms with Crippen LogP contribution < -0.4 is 10.5 Å². The third-order valence-corrected chi connectivity index (χ3v) is 3.50. The Balaban J connectivity index is 2.07. The summed E-state index contributed by atoms with van der Waals surface area (Å²) in [5.41, 5.74) is 8.40. The van der Waals surface area contributed by atoms with Crippen LogP contribution in [0.15, 0.2) is 36.5 Å². The maximum Gasteiger partial charge on any atom is 0.123 e. The first-order chi connectivity index (χ1) is 10.3. The number of nitrogen functional groups attached to an aromatic ring is 1. The third kappa shape index (κ3) is 4.74. The van der Waals surface area contributed by atoms with Crippen molar-refractivity contribution in [2.24, 2.45) is 0 Å². The van der Waals surface area contributed by atoms with E-state index in [4.69, 9.17) is 10.5 Å². The quantitative estimate of drug-likeness (QED) is 0.800. The average Bonchev–Trinajstić information content (AvgIpc) is 2.44. The molecule has 2 aromatic rings.